The molecule has 3 aromatic rings. The summed E-state index contributed by atoms with van der Waals surface area (Å²) in [7, 11) is 2.37. The Balaban J connectivity index is 2.10. The SMILES string of the molecule is BC(c1ccc(N(CC)CC)cc1)(c1ccc(N(CC)CC)cc1)c1ccc(N(CC)CC)cc1. The van der Waals surface area contributed by atoms with Crippen molar-refractivity contribution >= 4 is 24.9 Å². The zero-order valence-corrected chi connectivity index (χ0v) is 23.0. The monoisotopic (exact) mass is 469 g/mol. The molecule has 0 aliphatic heterocycles. The third-order valence-corrected chi connectivity index (χ3v) is 7.72. The van der Waals surface area contributed by atoms with Gasteiger partial charge in [0.25, 0.3) is 0 Å². The van der Waals surface area contributed by atoms with Crippen molar-refractivity contribution in [1.29, 1.82) is 0 Å². The second-order valence-electron chi connectivity index (χ2n) is 9.28. The van der Waals surface area contributed by atoms with E-state index in [0.29, 0.717) is 0 Å². The van der Waals surface area contributed by atoms with Crippen molar-refractivity contribution in [2.24, 2.45) is 0 Å². The average Bonchev–Trinajstić information content (AvgIpc) is 2.91. The van der Waals surface area contributed by atoms with Crippen LogP contribution in [0.25, 0.3) is 0 Å². The van der Waals surface area contributed by atoms with Gasteiger partial charge < -0.3 is 14.7 Å². The van der Waals surface area contributed by atoms with Crippen LogP contribution in [-0.4, -0.2) is 47.1 Å². The van der Waals surface area contributed by atoms with Crippen LogP contribution in [-0.2, 0) is 5.31 Å². The van der Waals surface area contributed by atoms with E-state index in [9.17, 15) is 0 Å². The van der Waals surface area contributed by atoms with Gasteiger partial charge in [0.15, 0.2) is 0 Å². The van der Waals surface area contributed by atoms with Crippen LogP contribution in [0.5, 0.6) is 0 Å². The Bertz CT molecular complexity index is 882. The fourth-order valence-corrected chi connectivity index (χ4v) is 5.28. The number of hydrogen-bond donors (Lipinski definition) is 0. The molecule has 3 nitrogen and oxygen atoms in total. The largest absolute Gasteiger partial charge is 0.372 e. The second kappa shape index (κ2) is 12.2. The van der Waals surface area contributed by atoms with Crippen LogP contribution in [0, 0.1) is 0 Å². The maximum Gasteiger partial charge on any atom is 0.126 e. The Morgan fingerprint density at radius 3 is 0.800 bits per heavy atom. The van der Waals surface area contributed by atoms with Gasteiger partial charge >= 0.3 is 0 Å². The molecular formula is C31H44BN3. The van der Waals surface area contributed by atoms with Gasteiger partial charge in [-0.2, -0.15) is 0 Å². The highest BCUT2D eigenvalue weighted by atomic mass is 15.1. The molecule has 0 aromatic heterocycles. The second-order valence-corrected chi connectivity index (χ2v) is 9.28. The molecule has 0 bridgehead atoms. The third-order valence-electron chi connectivity index (χ3n) is 7.72. The highest BCUT2D eigenvalue weighted by Crippen LogP contribution is 2.38. The number of anilines is 3. The minimum absolute atomic E-state index is 0.245. The Morgan fingerprint density at radius 1 is 0.429 bits per heavy atom. The van der Waals surface area contributed by atoms with Gasteiger partial charge in [0, 0.05) is 61.6 Å². The summed E-state index contributed by atoms with van der Waals surface area (Å²) in [4.78, 5) is 7.20. The lowest BCUT2D eigenvalue weighted by molar-refractivity contribution is 0.846. The predicted molar refractivity (Wildman–Crippen MR) is 158 cm³/mol. The Labute approximate surface area is 215 Å². The molecule has 0 aliphatic carbocycles. The minimum atomic E-state index is -0.245. The molecule has 3 aromatic carbocycles. The van der Waals surface area contributed by atoms with Crippen molar-refractivity contribution in [3.63, 3.8) is 0 Å². The first kappa shape index (κ1) is 26.7. The van der Waals surface area contributed by atoms with E-state index in [4.69, 9.17) is 0 Å². The lowest BCUT2D eigenvalue weighted by atomic mass is 9.56. The van der Waals surface area contributed by atoms with Crippen LogP contribution in [0.15, 0.2) is 72.8 Å². The Hall–Kier alpha value is -2.88. The molecule has 3 rings (SSSR count). The van der Waals surface area contributed by atoms with E-state index in [0.717, 1.165) is 39.3 Å². The van der Waals surface area contributed by atoms with Crippen LogP contribution >= 0.6 is 0 Å². The predicted octanol–water partition coefficient (Wildman–Crippen LogP) is 6.15. The molecule has 0 fully saturated rings. The first-order valence-corrected chi connectivity index (χ1v) is 13.5. The molecule has 35 heavy (non-hydrogen) atoms. The van der Waals surface area contributed by atoms with Gasteiger partial charge in [0.1, 0.15) is 7.85 Å². The van der Waals surface area contributed by atoms with Crippen molar-refractivity contribution in [2.75, 3.05) is 54.0 Å². The highest BCUT2D eigenvalue weighted by Gasteiger charge is 2.31. The average molecular weight is 470 g/mol. The first-order valence-electron chi connectivity index (χ1n) is 13.5. The standard InChI is InChI=1S/C31H44BN3/c1-7-33(8-2)28-19-13-25(14-20-28)31(32,26-15-21-29(22-16-26)34(9-3)10-4)27-17-23-30(24-18-27)35(11-5)12-6/h13-24H,7-12,32H2,1-6H3. The van der Waals surface area contributed by atoms with Crippen molar-refractivity contribution in [2.45, 2.75) is 46.9 Å². The fraction of sp³-hybridized carbons (Fsp3) is 0.419. The van der Waals surface area contributed by atoms with Crippen LogP contribution in [0.4, 0.5) is 17.1 Å². The zero-order valence-electron chi connectivity index (χ0n) is 23.0. The van der Waals surface area contributed by atoms with E-state index in [-0.39, 0.29) is 5.31 Å². The zero-order chi connectivity index (χ0) is 25.4. The number of nitrogens with zero attached hydrogens (tertiary/aromatic N) is 3. The van der Waals surface area contributed by atoms with E-state index < -0.39 is 0 Å². The van der Waals surface area contributed by atoms with Crippen molar-refractivity contribution < 1.29 is 0 Å². The Kier molecular flexibility index (Phi) is 9.31. The molecular weight excluding hydrogens is 425 g/mol. The Morgan fingerprint density at radius 2 is 0.629 bits per heavy atom. The van der Waals surface area contributed by atoms with Crippen LogP contribution < -0.4 is 14.7 Å². The summed E-state index contributed by atoms with van der Waals surface area (Å²) in [5.41, 5.74) is 7.82. The third kappa shape index (κ3) is 5.53. The fourth-order valence-electron chi connectivity index (χ4n) is 5.28. The normalized spacial score (nSPS) is 11.4. The van der Waals surface area contributed by atoms with Crippen LogP contribution in [0.2, 0.25) is 0 Å². The lowest BCUT2D eigenvalue weighted by Gasteiger charge is -2.34. The summed E-state index contributed by atoms with van der Waals surface area (Å²) in [5.74, 6) is 0. The lowest BCUT2D eigenvalue weighted by Crippen LogP contribution is -2.30. The number of rotatable bonds is 12. The summed E-state index contributed by atoms with van der Waals surface area (Å²) in [6.07, 6.45) is 0. The van der Waals surface area contributed by atoms with Crippen LogP contribution in [0.3, 0.4) is 0 Å². The molecule has 0 amide bonds. The molecule has 4 heteroatoms. The molecule has 186 valence electrons. The summed E-state index contributed by atoms with van der Waals surface area (Å²) in [5, 5.41) is -0.245. The summed E-state index contributed by atoms with van der Waals surface area (Å²) in [6.45, 7) is 19.4. The molecule has 0 atom stereocenters. The minimum Gasteiger partial charge on any atom is -0.372 e. The van der Waals surface area contributed by atoms with E-state index in [1.54, 1.807) is 0 Å². The molecule has 0 radical (unpaired) electrons. The quantitative estimate of drug-likeness (QED) is 0.233. The van der Waals surface area contributed by atoms with Gasteiger partial charge in [-0.3, -0.25) is 0 Å². The van der Waals surface area contributed by atoms with E-state index in [1.807, 2.05) is 0 Å². The molecule has 0 saturated heterocycles. The molecule has 0 spiro atoms. The molecule has 0 aliphatic rings. The molecule has 0 unspecified atom stereocenters. The van der Waals surface area contributed by atoms with E-state index >= 15 is 0 Å². The molecule has 0 saturated carbocycles. The number of hydrogen-bond acceptors (Lipinski definition) is 3. The summed E-state index contributed by atoms with van der Waals surface area (Å²) in [6, 6.07) is 27.7. The summed E-state index contributed by atoms with van der Waals surface area (Å²) < 4.78 is 0. The van der Waals surface area contributed by atoms with Gasteiger partial charge in [-0.1, -0.05) is 36.4 Å². The van der Waals surface area contributed by atoms with Crippen molar-refractivity contribution in [1.82, 2.24) is 0 Å². The maximum absolute atomic E-state index is 2.40. The summed E-state index contributed by atoms with van der Waals surface area (Å²) >= 11 is 0. The first-order chi connectivity index (χ1) is 17.0. The molecule has 0 N–H and O–H groups in total. The smallest absolute Gasteiger partial charge is 0.126 e. The van der Waals surface area contributed by atoms with Gasteiger partial charge in [-0.05, 0) is 94.6 Å². The van der Waals surface area contributed by atoms with Crippen LogP contribution in [0.1, 0.15) is 58.2 Å². The topological polar surface area (TPSA) is 9.72 Å². The maximum atomic E-state index is 2.40. The van der Waals surface area contributed by atoms with Gasteiger partial charge in [-0.15, -0.1) is 0 Å². The van der Waals surface area contributed by atoms with Crippen molar-refractivity contribution in [3.05, 3.63) is 89.5 Å². The van der Waals surface area contributed by atoms with Gasteiger partial charge in [0.05, 0.1) is 0 Å². The van der Waals surface area contributed by atoms with E-state index in [2.05, 4.69) is 137 Å². The van der Waals surface area contributed by atoms with Gasteiger partial charge in [0.2, 0.25) is 0 Å². The highest BCUT2D eigenvalue weighted by molar-refractivity contribution is 6.20. The number of benzene rings is 3. The van der Waals surface area contributed by atoms with Crippen molar-refractivity contribution in [3.8, 4) is 0 Å². The van der Waals surface area contributed by atoms with E-state index in [1.165, 1.54) is 33.8 Å². The molecule has 0 heterocycles. The van der Waals surface area contributed by atoms with Gasteiger partial charge in [-0.25, -0.2) is 0 Å².